The summed E-state index contributed by atoms with van der Waals surface area (Å²) in [4.78, 5) is 11.1. The molecule has 0 aromatic carbocycles. The van der Waals surface area contributed by atoms with Gasteiger partial charge in [-0.2, -0.15) is 11.8 Å². The summed E-state index contributed by atoms with van der Waals surface area (Å²) in [7, 11) is 1.82. The van der Waals surface area contributed by atoms with Crippen LogP contribution in [0.1, 0.15) is 18.4 Å². The monoisotopic (exact) mass is 349 g/mol. The predicted molar refractivity (Wildman–Crippen MR) is 101 cm³/mol. The van der Waals surface area contributed by atoms with E-state index in [9.17, 15) is 0 Å². The molecule has 1 atom stereocenters. The van der Waals surface area contributed by atoms with Crippen LogP contribution in [0.3, 0.4) is 0 Å². The molecule has 3 rings (SSSR count). The Morgan fingerprint density at radius 2 is 2.25 bits per heavy atom. The van der Waals surface area contributed by atoms with Crippen LogP contribution in [0.15, 0.2) is 23.3 Å². The van der Waals surface area contributed by atoms with Gasteiger partial charge in [0.25, 0.3) is 0 Å². The van der Waals surface area contributed by atoms with E-state index in [4.69, 9.17) is 4.74 Å². The van der Waals surface area contributed by atoms with Crippen LogP contribution in [0.2, 0.25) is 0 Å². The first-order valence-corrected chi connectivity index (χ1v) is 9.74. The van der Waals surface area contributed by atoms with Crippen LogP contribution in [0.4, 0.5) is 5.82 Å². The minimum Gasteiger partial charge on any atom is -0.378 e. The lowest BCUT2D eigenvalue weighted by Gasteiger charge is -2.27. The highest BCUT2D eigenvalue weighted by Crippen LogP contribution is 2.25. The van der Waals surface area contributed by atoms with E-state index in [0.29, 0.717) is 0 Å². The molecule has 0 aliphatic carbocycles. The van der Waals surface area contributed by atoms with E-state index in [1.54, 1.807) is 0 Å². The van der Waals surface area contributed by atoms with Crippen molar-refractivity contribution < 1.29 is 4.74 Å². The maximum Gasteiger partial charge on any atom is 0.191 e. The first kappa shape index (κ1) is 17.4. The van der Waals surface area contributed by atoms with Crippen LogP contribution in [0.5, 0.6) is 0 Å². The molecule has 132 valence electrons. The number of ether oxygens (including phenoxy) is 1. The number of nitrogens with zero attached hydrogens (tertiary/aromatic N) is 3. The summed E-state index contributed by atoms with van der Waals surface area (Å²) < 4.78 is 5.38. The number of hydrogen-bond donors (Lipinski definition) is 2. The van der Waals surface area contributed by atoms with Crippen LogP contribution >= 0.6 is 11.8 Å². The summed E-state index contributed by atoms with van der Waals surface area (Å²) in [5.41, 5.74) is 1.16. The molecule has 2 fully saturated rings. The molecular formula is C17H27N5OS. The van der Waals surface area contributed by atoms with Gasteiger partial charge in [-0.3, -0.25) is 4.99 Å². The zero-order chi connectivity index (χ0) is 16.6. The molecule has 1 aromatic heterocycles. The van der Waals surface area contributed by atoms with Gasteiger partial charge in [0.2, 0.25) is 0 Å². The van der Waals surface area contributed by atoms with E-state index in [0.717, 1.165) is 62.0 Å². The largest absolute Gasteiger partial charge is 0.378 e. The molecule has 2 saturated heterocycles. The third kappa shape index (κ3) is 5.01. The van der Waals surface area contributed by atoms with E-state index in [-0.39, 0.29) is 0 Å². The van der Waals surface area contributed by atoms with Gasteiger partial charge in [-0.15, -0.1) is 0 Å². The number of nitrogens with one attached hydrogen (secondary N) is 2. The smallest absolute Gasteiger partial charge is 0.191 e. The van der Waals surface area contributed by atoms with Crippen molar-refractivity contribution in [3.63, 3.8) is 0 Å². The summed E-state index contributed by atoms with van der Waals surface area (Å²) in [5.74, 6) is 3.18. The summed E-state index contributed by atoms with van der Waals surface area (Å²) in [6, 6.07) is 4.22. The van der Waals surface area contributed by atoms with Crippen LogP contribution in [-0.2, 0) is 11.3 Å². The van der Waals surface area contributed by atoms with Gasteiger partial charge in [0.05, 0.1) is 13.2 Å². The first-order valence-electron chi connectivity index (χ1n) is 8.69. The number of guanidine groups is 1. The highest BCUT2D eigenvalue weighted by molar-refractivity contribution is 8.00. The Balaban J connectivity index is 1.44. The van der Waals surface area contributed by atoms with E-state index >= 15 is 0 Å². The fourth-order valence-electron chi connectivity index (χ4n) is 2.92. The van der Waals surface area contributed by atoms with Crippen molar-refractivity contribution in [3.05, 3.63) is 23.9 Å². The fraction of sp³-hybridized carbons (Fsp3) is 0.647. The molecule has 2 N–H and O–H groups in total. The summed E-state index contributed by atoms with van der Waals surface area (Å²) in [5, 5.41) is 7.51. The molecule has 2 aliphatic rings. The first-order chi connectivity index (χ1) is 11.8. The summed E-state index contributed by atoms with van der Waals surface area (Å²) >= 11 is 2.06. The van der Waals surface area contributed by atoms with E-state index in [1.807, 2.05) is 13.2 Å². The van der Waals surface area contributed by atoms with Gasteiger partial charge >= 0.3 is 0 Å². The Morgan fingerprint density at radius 1 is 1.38 bits per heavy atom. The van der Waals surface area contributed by atoms with Crippen LogP contribution in [0, 0.1) is 0 Å². The number of hydrogen-bond acceptors (Lipinski definition) is 5. The van der Waals surface area contributed by atoms with Crippen molar-refractivity contribution in [2.24, 2.45) is 4.99 Å². The van der Waals surface area contributed by atoms with Crippen LogP contribution in [0.25, 0.3) is 0 Å². The maximum atomic E-state index is 5.38. The Morgan fingerprint density at radius 3 is 2.92 bits per heavy atom. The molecule has 0 amide bonds. The van der Waals surface area contributed by atoms with E-state index in [2.05, 4.69) is 49.4 Å². The number of anilines is 1. The Kier molecular flexibility index (Phi) is 6.60. The van der Waals surface area contributed by atoms with Gasteiger partial charge in [-0.1, -0.05) is 6.07 Å². The highest BCUT2D eigenvalue weighted by Gasteiger charge is 2.15. The van der Waals surface area contributed by atoms with Crippen LogP contribution in [-0.4, -0.2) is 61.8 Å². The number of aliphatic imine (C=N–C) groups is 1. The van der Waals surface area contributed by atoms with Crippen molar-refractivity contribution in [2.45, 2.75) is 24.6 Å². The lowest BCUT2D eigenvalue weighted by Crippen LogP contribution is -2.39. The molecule has 2 aliphatic heterocycles. The van der Waals surface area contributed by atoms with Gasteiger partial charge in [-0.05, 0) is 30.2 Å². The van der Waals surface area contributed by atoms with Crippen LogP contribution < -0.4 is 15.5 Å². The Bertz CT molecular complexity index is 524. The summed E-state index contributed by atoms with van der Waals surface area (Å²) in [6.45, 7) is 5.12. The van der Waals surface area contributed by atoms with Crippen molar-refractivity contribution in [3.8, 4) is 0 Å². The molecule has 3 heterocycles. The zero-order valence-corrected chi connectivity index (χ0v) is 15.1. The standard InChI is InChI=1S/C17H27N5OS/c1-18-17(21-13-15-3-2-10-24-15)20-12-14-4-5-16(19-11-14)22-6-8-23-9-7-22/h4-5,11,15H,2-3,6-10,12-13H2,1H3,(H2,18,20,21). The number of aromatic nitrogens is 1. The molecule has 0 spiro atoms. The van der Waals surface area contributed by atoms with Gasteiger partial charge in [0.1, 0.15) is 5.82 Å². The van der Waals surface area contributed by atoms with Gasteiger partial charge in [-0.25, -0.2) is 4.98 Å². The number of thioether (sulfide) groups is 1. The van der Waals surface area contributed by atoms with Crippen molar-refractivity contribution in [2.75, 3.05) is 50.5 Å². The Labute approximate surface area is 148 Å². The lowest BCUT2D eigenvalue weighted by molar-refractivity contribution is 0.122. The Hall–Kier alpha value is -1.47. The molecule has 24 heavy (non-hydrogen) atoms. The number of pyridine rings is 1. The average molecular weight is 350 g/mol. The maximum absolute atomic E-state index is 5.38. The highest BCUT2D eigenvalue weighted by atomic mass is 32.2. The molecule has 0 saturated carbocycles. The van der Waals surface area contributed by atoms with Crippen molar-refractivity contribution >= 4 is 23.5 Å². The second kappa shape index (κ2) is 9.13. The predicted octanol–water partition coefficient (Wildman–Crippen LogP) is 1.48. The van der Waals surface area contributed by atoms with Crippen molar-refractivity contribution in [1.29, 1.82) is 0 Å². The second-order valence-corrected chi connectivity index (χ2v) is 7.47. The molecule has 7 heteroatoms. The SMILES string of the molecule is CN=C(NCc1ccc(N2CCOCC2)nc1)NCC1CCCS1. The van der Waals surface area contributed by atoms with E-state index in [1.165, 1.54) is 18.6 Å². The third-order valence-corrected chi connectivity index (χ3v) is 5.75. The average Bonchev–Trinajstić information content (AvgIpc) is 3.17. The molecule has 6 nitrogen and oxygen atoms in total. The molecule has 0 bridgehead atoms. The third-order valence-electron chi connectivity index (χ3n) is 4.35. The zero-order valence-electron chi connectivity index (χ0n) is 14.3. The van der Waals surface area contributed by atoms with Gasteiger partial charge < -0.3 is 20.3 Å². The summed E-state index contributed by atoms with van der Waals surface area (Å²) in [6.07, 6.45) is 4.59. The lowest BCUT2D eigenvalue weighted by atomic mass is 10.2. The number of rotatable bonds is 5. The molecule has 0 radical (unpaired) electrons. The molecule has 1 aromatic rings. The number of morpholine rings is 1. The van der Waals surface area contributed by atoms with E-state index < -0.39 is 0 Å². The fourth-order valence-corrected chi connectivity index (χ4v) is 4.12. The molecule has 1 unspecified atom stereocenters. The topological polar surface area (TPSA) is 61.8 Å². The molecular weight excluding hydrogens is 322 g/mol. The van der Waals surface area contributed by atoms with Crippen molar-refractivity contribution in [1.82, 2.24) is 15.6 Å². The quantitative estimate of drug-likeness (QED) is 0.620. The van der Waals surface area contributed by atoms with Gasteiger partial charge in [0.15, 0.2) is 5.96 Å². The second-order valence-electron chi connectivity index (χ2n) is 6.07. The normalized spacial score (nSPS) is 21.8. The minimum atomic E-state index is 0.720. The van der Waals surface area contributed by atoms with Gasteiger partial charge in [0, 0.05) is 44.7 Å². The minimum absolute atomic E-state index is 0.720.